The quantitative estimate of drug-likeness (QED) is 0.435. The van der Waals surface area contributed by atoms with Crippen molar-refractivity contribution in [1.82, 2.24) is 4.98 Å². The van der Waals surface area contributed by atoms with Gasteiger partial charge < -0.3 is 15.2 Å². The summed E-state index contributed by atoms with van der Waals surface area (Å²) in [6, 6.07) is 23.3. The summed E-state index contributed by atoms with van der Waals surface area (Å²) < 4.78 is 0. The monoisotopic (exact) mass is 385 g/mol. The van der Waals surface area contributed by atoms with Gasteiger partial charge in [-0.2, -0.15) is 0 Å². The van der Waals surface area contributed by atoms with Crippen LogP contribution in [0, 0.1) is 6.92 Å². The predicted octanol–water partition coefficient (Wildman–Crippen LogP) is 5.04. The summed E-state index contributed by atoms with van der Waals surface area (Å²) in [5.74, 6) is -0.940. The molecule has 4 aromatic rings. The van der Waals surface area contributed by atoms with E-state index < -0.39 is 12.1 Å². The van der Waals surface area contributed by atoms with Crippen LogP contribution in [-0.2, 0) is 12.8 Å². The van der Waals surface area contributed by atoms with Crippen molar-refractivity contribution in [3.63, 3.8) is 0 Å². The van der Waals surface area contributed by atoms with Gasteiger partial charge in [-0.1, -0.05) is 60.7 Å². The van der Waals surface area contributed by atoms with Gasteiger partial charge in [0.15, 0.2) is 0 Å². The van der Waals surface area contributed by atoms with E-state index in [0.29, 0.717) is 17.5 Å². The van der Waals surface area contributed by atoms with Crippen molar-refractivity contribution in [1.29, 1.82) is 0 Å². The number of aryl methyl sites for hydroxylation is 3. The number of carboxylic acids is 1. The van der Waals surface area contributed by atoms with Crippen LogP contribution in [-0.4, -0.2) is 21.2 Å². The molecule has 146 valence electrons. The fraction of sp³-hybridized carbons (Fsp3) is 0.160. The third-order valence-corrected chi connectivity index (χ3v) is 5.41. The molecule has 0 aliphatic carbocycles. The lowest BCUT2D eigenvalue weighted by atomic mass is 9.95. The van der Waals surface area contributed by atoms with Crippen molar-refractivity contribution in [2.45, 2.75) is 25.9 Å². The van der Waals surface area contributed by atoms with Gasteiger partial charge in [-0.05, 0) is 54.2 Å². The Morgan fingerprint density at radius 3 is 2.28 bits per heavy atom. The molecule has 0 bridgehead atoms. The Bertz CT molecular complexity index is 1150. The van der Waals surface area contributed by atoms with Gasteiger partial charge in [0.25, 0.3) is 0 Å². The second kappa shape index (κ2) is 7.94. The minimum atomic E-state index is -0.940. The second-order valence-electron chi connectivity index (χ2n) is 7.33. The largest absolute Gasteiger partial charge is 0.478 e. The smallest absolute Gasteiger partial charge is 0.335 e. The number of aromatic amines is 1. The van der Waals surface area contributed by atoms with Gasteiger partial charge in [0.2, 0.25) is 0 Å². The Labute approximate surface area is 169 Å². The molecule has 0 aliphatic rings. The number of aliphatic hydroxyl groups is 1. The minimum absolute atomic E-state index is 0.290. The molecule has 0 aliphatic heterocycles. The Hall–Kier alpha value is -3.37. The predicted molar refractivity (Wildman–Crippen MR) is 114 cm³/mol. The van der Waals surface area contributed by atoms with Crippen LogP contribution in [0.1, 0.15) is 44.4 Å². The van der Waals surface area contributed by atoms with E-state index in [-0.39, 0.29) is 0 Å². The average Bonchev–Trinajstić information content (AvgIpc) is 3.09. The normalized spacial score (nSPS) is 12.2. The molecule has 0 saturated carbocycles. The number of hydrogen-bond acceptors (Lipinski definition) is 2. The maximum Gasteiger partial charge on any atom is 0.335 e. The second-order valence-corrected chi connectivity index (χ2v) is 7.33. The molecule has 1 unspecified atom stereocenters. The van der Waals surface area contributed by atoms with Crippen LogP contribution in [0.15, 0.2) is 72.8 Å². The zero-order valence-electron chi connectivity index (χ0n) is 16.2. The third kappa shape index (κ3) is 3.80. The molecule has 0 spiro atoms. The summed E-state index contributed by atoms with van der Waals surface area (Å²) in [6.07, 6.45) is 0.701. The molecule has 1 atom stereocenters. The highest BCUT2D eigenvalue weighted by Gasteiger charge is 2.21. The number of aromatic carboxylic acids is 1. The summed E-state index contributed by atoms with van der Waals surface area (Å²) >= 11 is 0. The molecule has 4 nitrogen and oxygen atoms in total. The number of aliphatic hydroxyl groups excluding tert-OH is 1. The number of hydrogen-bond donors (Lipinski definition) is 3. The number of H-pyrrole nitrogens is 1. The molecule has 29 heavy (non-hydrogen) atoms. The zero-order valence-corrected chi connectivity index (χ0v) is 16.2. The van der Waals surface area contributed by atoms with E-state index in [2.05, 4.69) is 17.1 Å². The van der Waals surface area contributed by atoms with E-state index in [1.165, 1.54) is 5.56 Å². The number of rotatable bonds is 6. The number of carboxylic acid groups (broad SMARTS) is 1. The first-order valence-electron chi connectivity index (χ1n) is 9.70. The van der Waals surface area contributed by atoms with E-state index >= 15 is 0 Å². The molecule has 4 rings (SSSR count). The van der Waals surface area contributed by atoms with Gasteiger partial charge in [0.05, 0.1) is 11.3 Å². The summed E-state index contributed by atoms with van der Waals surface area (Å²) in [7, 11) is 0. The highest BCUT2D eigenvalue weighted by Crippen LogP contribution is 2.33. The third-order valence-electron chi connectivity index (χ3n) is 5.41. The Morgan fingerprint density at radius 2 is 1.62 bits per heavy atom. The first-order valence-corrected chi connectivity index (χ1v) is 9.70. The fourth-order valence-corrected chi connectivity index (χ4v) is 3.88. The van der Waals surface area contributed by atoms with E-state index in [1.807, 2.05) is 54.6 Å². The molecular weight excluding hydrogens is 362 g/mol. The maximum atomic E-state index is 11.7. The molecule has 0 radical (unpaired) electrons. The van der Waals surface area contributed by atoms with Crippen LogP contribution in [0.4, 0.5) is 0 Å². The van der Waals surface area contributed by atoms with Gasteiger partial charge in [0, 0.05) is 10.9 Å². The molecule has 0 saturated heterocycles. The summed E-state index contributed by atoms with van der Waals surface area (Å²) in [5.41, 5.74) is 5.52. The van der Waals surface area contributed by atoms with E-state index in [9.17, 15) is 15.0 Å². The molecule has 3 N–H and O–H groups in total. The average molecular weight is 385 g/mol. The zero-order chi connectivity index (χ0) is 20.4. The molecule has 1 heterocycles. The van der Waals surface area contributed by atoms with Gasteiger partial charge in [-0.25, -0.2) is 4.79 Å². The standard InChI is InChI=1S/C25H23NO3/c1-16-14-22-21(15-20(16)25(28)29)19(13-12-17-8-4-2-5-9-17)23(26-22)24(27)18-10-6-3-7-11-18/h2-11,14-15,24,26-27H,12-13H2,1H3,(H,28,29). The summed E-state index contributed by atoms with van der Waals surface area (Å²) in [5, 5.41) is 21.5. The van der Waals surface area contributed by atoms with Crippen LogP contribution in [0.2, 0.25) is 0 Å². The Kier molecular flexibility index (Phi) is 5.19. The van der Waals surface area contributed by atoms with Gasteiger partial charge in [-0.3, -0.25) is 0 Å². The van der Waals surface area contributed by atoms with Gasteiger partial charge in [-0.15, -0.1) is 0 Å². The lowest BCUT2D eigenvalue weighted by Crippen LogP contribution is -2.04. The fourth-order valence-electron chi connectivity index (χ4n) is 3.88. The van der Waals surface area contributed by atoms with Gasteiger partial charge in [0.1, 0.15) is 6.10 Å². The lowest BCUT2D eigenvalue weighted by Gasteiger charge is -2.13. The van der Waals surface area contributed by atoms with Crippen LogP contribution in [0.5, 0.6) is 0 Å². The molecule has 0 fully saturated rings. The van der Waals surface area contributed by atoms with Crippen molar-refractivity contribution in [2.75, 3.05) is 0 Å². The van der Waals surface area contributed by atoms with E-state index in [1.54, 1.807) is 13.0 Å². The summed E-state index contributed by atoms with van der Waals surface area (Å²) in [4.78, 5) is 15.0. The molecule has 1 aromatic heterocycles. The van der Waals surface area contributed by atoms with Crippen molar-refractivity contribution < 1.29 is 15.0 Å². The van der Waals surface area contributed by atoms with Crippen molar-refractivity contribution in [3.8, 4) is 0 Å². The number of benzene rings is 3. The number of fused-ring (bicyclic) bond motifs is 1. The maximum absolute atomic E-state index is 11.7. The summed E-state index contributed by atoms with van der Waals surface area (Å²) in [6.45, 7) is 1.79. The number of carbonyl (C=O) groups is 1. The van der Waals surface area contributed by atoms with E-state index in [0.717, 1.165) is 34.1 Å². The van der Waals surface area contributed by atoms with Crippen LogP contribution < -0.4 is 0 Å². The van der Waals surface area contributed by atoms with Gasteiger partial charge >= 0.3 is 5.97 Å². The molecule has 3 aromatic carbocycles. The van der Waals surface area contributed by atoms with Crippen molar-refractivity contribution in [3.05, 3.63) is 106 Å². The highest BCUT2D eigenvalue weighted by atomic mass is 16.4. The molecular formula is C25H23NO3. The lowest BCUT2D eigenvalue weighted by molar-refractivity contribution is 0.0696. The Morgan fingerprint density at radius 1 is 0.966 bits per heavy atom. The van der Waals surface area contributed by atoms with Crippen LogP contribution in [0.25, 0.3) is 10.9 Å². The Balaban J connectivity index is 1.83. The minimum Gasteiger partial charge on any atom is -0.478 e. The van der Waals surface area contributed by atoms with Crippen molar-refractivity contribution in [2.24, 2.45) is 0 Å². The van der Waals surface area contributed by atoms with E-state index in [4.69, 9.17) is 0 Å². The molecule has 4 heteroatoms. The first kappa shape index (κ1) is 19.0. The first-order chi connectivity index (χ1) is 14.0. The SMILES string of the molecule is Cc1cc2[nH]c(C(O)c3ccccc3)c(CCc3ccccc3)c2cc1C(=O)O. The molecule has 0 amide bonds. The van der Waals surface area contributed by atoms with Crippen molar-refractivity contribution >= 4 is 16.9 Å². The van der Waals surface area contributed by atoms with Crippen LogP contribution in [0.3, 0.4) is 0 Å². The topological polar surface area (TPSA) is 73.3 Å². The number of nitrogens with one attached hydrogen (secondary N) is 1. The number of aromatic nitrogens is 1. The van der Waals surface area contributed by atoms with Crippen LogP contribution >= 0.6 is 0 Å². The highest BCUT2D eigenvalue weighted by molar-refractivity contribution is 5.97.